The van der Waals surface area contributed by atoms with Gasteiger partial charge in [0.1, 0.15) is 5.00 Å². The van der Waals surface area contributed by atoms with E-state index >= 15 is 0 Å². The van der Waals surface area contributed by atoms with Crippen molar-refractivity contribution < 1.29 is 14.3 Å². The first kappa shape index (κ1) is 17.6. The number of nitrogens with one attached hydrogen (secondary N) is 1. The summed E-state index contributed by atoms with van der Waals surface area (Å²) in [4.78, 5) is 30.2. The topological polar surface area (TPSA) is 68.3 Å². The van der Waals surface area contributed by atoms with Gasteiger partial charge in [-0.3, -0.25) is 9.78 Å². The Morgan fingerprint density at radius 1 is 1.32 bits per heavy atom. The number of nitrogens with zero attached hydrogens (tertiary/aromatic N) is 1. The molecule has 25 heavy (non-hydrogen) atoms. The van der Waals surface area contributed by atoms with Gasteiger partial charge in [0.25, 0.3) is 5.91 Å². The van der Waals surface area contributed by atoms with Crippen LogP contribution in [0.1, 0.15) is 58.3 Å². The van der Waals surface area contributed by atoms with Crippen LogP contribution >= 0.6 is 11.3 Å². The zero-order valence-corrected chi connectivity index (χ0v) is 15.5. The Labute approximate surface area is 151 Å². The van der Waals surface area contributed by atoms with Crippen molar-refractivity contribution in [3.8, 4) is 0 Å². The van der Waals surface area contributed by atoms with Gasteiger partial charge in [-0.1, -0.05) is 6.92 Å². The lowest BCUT2D eigenvalue weighted by Gasteiger charge is -2.18. The Balaban J connectivity index is 1.94. The van der Waals surface area contributed by atoms with Crippen LogP contribution < -0.4 is 5.32 Å². The van der Waals surface area contributed by atoms with Crippen molar-refractivity contribution >= 4 is 28.2 Å². The lowest BCUT2D eigenvalue weighted by molar-refractivity contribution is 0.0378. The number of hydrogen-bond donors (Lipinski definition) is 1. The summed E-state index contributed by atoms with van der Waals surface area (Å²) >= 11 is 1.50. The van der Waals surface area contributed by atoms with E-state index in [1.165, 1.54) is 16.2 Å². The summed E-state index contributed by atoms with van der Waals surface area (Å²) < 4.78 is 5.42. The zero-order valence-electron chi connectivity index (χ0n) is 14.7. The first-order valence-corrected chi connectivity index (χ1v) is 9.34. The van der Waals surface area contributed by atoms with Gasteiger partial charge in [-0.05, 0) is 56.7 Å². The van der Waals surface area contributed by atoms with Crippen LogP contribution in [0.15, 0.2) is 24.5 Å². The quantitative estimate of drug-likeness (QED) is 0.836. The number of thiophene rings is 1. The van der Waals surface area contributed by atoms with Crippen LogP contribution in [-0.2, 0) is 17.6 Å². The van der Waals surface area contributed by atoms with Crippen molar-refractivity contribution in [2.45, 2.75) is 46.1 Å². The first-order chi connectivity index (χ1) is 12.0. The van der Waals surface area contributed by atoms with Crippen molar-refractivity contribution in [3.63, 3.8) is 0 Å². The molecule has 0 fully saturated rings. The summed E-state index contributed by atoms with van der Waals surface area (Å²) in [5, 5.41) is 3.49. The first-order valence-electron chi connectivity index (χ1n) is 8.52. The standard InChI is InChI=1S/C19H22N2O3S/c1-11(2)24-19(23)16-14-5-4-12(3)10-15(14)25-18(16)21-17(22)13-6-8-20-9-7-13/h6-9,11-12H,4-5,10H2,1-3H3,(H,21,22). The van der Waals surface area contributed by atoms with E-state index in [1.807, 2.05) is 13.8 Å². The van der Waals surface area contributed by atoms with Crippen LogP contribution in [0.5, 0.6) is 0 Å². The maximum atomic E-state index is 12.6. The molecule has 1 atom stereocenters. The van der Waals surface area contributed by atoms with Crippen molar-refractivity contribution in [2.75, 3.05) is 5.32 Å². The third-order valence-electron chi connectivity index (χ3n) is 4.23. The lowest BCUT2D eigenvalue weighted by atomic mass is 9.88. The molecule has 5 nitrogen and oxygen atoms in total. The van der Waals surface area contributed by atoms with E-state index in [9.17, 15) is 9.59 Å². The minimum absolute atomic E-state index is 0.200. The second-order valence-corrected chi connectivity index (χ2v) is 7.81. The molecule has 0 aromatic carbocycles. The normalized spacial score (nSPS) is 16.4. The number of anilines is 1. The molecule has 1 aliphatic rings. The fraction of sp³-hybridized carbons (Fsp3) is 0.421. The monoisotopic (exact) mass is 358 g/mol. The van der Waals surface area contributed by atoms with Crippen LogP contribution in [0.4, 0.5) is 5.00 Å². The summed E-state index contributed by atoms with van der Waals surface area (Å²) in [7, 11) is 0. The fourth-order valence-corrected chi connectivity index (χ4v) is 4.40. The molecule has 0 radical (unpaired) electrons. The van der Waals surface area contributed by atoms with Gasteiger partial charge in [0, 0.05) is 22.8 Å². The summed E-state index contributed by atoms with van der Waals surface area (Å²) in [5.41, 5.74) is 2.08. The summed E-state index contributed by atoms with van der Waals surface area (Å²) in [6, 6.07) is 3.30. The number of amides is 1. The van der Waals surface area contributed by atoms with Gasteiger partial charge in [-0.25, -0.2) is 4.79 Å². The van der Waals surface area contributed by atoms with Crippen LogP contribution in [0.25, 0.3) is 0 Å². The van der Waals surface area contributed by atoms with Crippen molar-refractivity contribution in [1.29, 1.82) is 0 Å². The minimum atomic E-state index is -0.355. The molecule has 1 unspecified atom stereocenters. The highest BCUT2D eigenvalue weighted by Crippen LogP contribution is 2.40. The number of esters is 1. The van der Waals surface area contributed by atoms with E-state index in [0.717, 1.165) is 24.8 Å². The molecule has 1 N–H and O–H groups in total. The molecule has 0 bridgehead atoms. The Hall–Kier alpha value is -2.21. The van der Waals surface area contributed by atoms with Crippen molar-refractivity contribution in [2.24, 2.45) is 5.92 Å². The third kappa shape index (κ3) is 3.90. The molecule has 1 aliphatic carbocycles. The average molecular weight is 358 g/mol. The largest absolute Gasteiger partial charge is 0.459 e. The number of carbonyl (C=O) groups excluding carboxylic acids is 2. The lowest BCUT2D eigenvalue weighted by Crippen LogP contribution is -2.18. The molecular weight excluding hydrogens is 336 g/mol. The highest BCUT2D eigenvalue weighted by atomic mass is 32.1. The number of aromatic nitrogens is 1. The molecule has 0 saturated carbocycles. The van der Waals surface area contributed by atoms with Crippen LogP contribution in [-0.4, -0.2) is 23.0 Å². The molecule has 132 valence electrons. The van der Waals surface area contributed by atoms with Gasteiger partial charge >= 0.3 is 5.97 Å². The Kier molecular flexibility index (Phi) is 5.18. The van der Waals surface area contributed by atoms with Gasteiger partial charge in [0.05, 0.1) is 11.7 Å². The molecule has 2 heterocycles. The summed E-state index contributed by atoms with van der Waals surface area (Å²) in [6.45, 7) is 5.87. The second-order valence-electron chi connectivity index (χ2n) is 6.70. The van der Waals surface area contributed by atoms with E-state index in [1.54, 1.807) is 24.5 Å². The molecule has 2 aromatic heterocycles. The molecule has 0 saturated heterocycles. The number of fused-ring (bicyclic) bond motifs is 1. The fourth-order valence-electron chi connectivity index (χ4n) is 3.01. The second kappa shape index (κ2) is 7.35. The van der Waals surface area contributed by atoms with Gasteiger partial charge < -0.3 is 10.1 Å². The summed E-state index contributed by atoms with van der Waals surface area (Å²) in [5.74, 6) is -0.0106. The van der Waals surface area contributed by atoms with Gasteiger partial charge in [0.2, 0.25) is 0 Å². The highest BCUT2D eigenvalue weighted by molar-refractivity contribution is 7.17. The number of ether oxygens (including phenoxy) is 1. The molecule has 6 heteroatoms. The Bertz CT molecular complexity index is 783. The van der Waals surface area contributed by atoms with Crippen LogP contribution in [0, 0.1) is 5.92 Å². The SMILES string of the molecule is CC1CCc2c(sc(NC(=O)c3ccncc3)c2C(=O)OC(C)C)C1. The molecule has 1 amide bonds. The van der Waals surface area contributed by atoms with Crippen LogP contribution in [0.2, 0.25) is 0 Å². The Morgan fingerprint density at radius 2 is 2.04 bits per heavy atom. The molecule has 0 aliphatic heterocycles. The van der Waals surface area contributed by atoms with E-state index in [-0.39, 0.29) is 18.0 Å². The number of rotatable bonds is 4. The predicted octanol–water partition coefficient (Wildman–Crippen LogP) is 4.09. The van der Waals surface area contributed by atoms with E-state index in [4.69, 9.17) is 4.74 Å². The van der Waals surface area contributed by atoms with Crippen molar-refractivity contribution in [1.82, 2.24) is 4.98 Å². The molecule has 3 rings (SSSR count). The third-order valence-corrected chi connectivity index (χ3v) is 5.40. The predicted molar refractivity (Wildman–Crippen MR) is 98.2 cm³/mol. The minimum Gasteiger partial charge on any atom is -0.459 e. The van der Waals surface area contributed by atoms with E-state index in [2.05, 4.69) is 17.2 Å². The van der Waals surface area contributed by atoms with Gasteiger partial charge in [0.15, 0.2) is 0 Å². The number of hydrogen-bond acceptors (Lipinski definition) is 5. The molecule has 2 aromatic rings. The zero-order chi connectivity index (χ0) is 18.0. The average Bonchev–Trinajstić information content (AvgIpc) is 2.91. The van der Waals surface area contributed by atoms with E-state index < -0.39 is 0 Å². The highest BCUT2D eigenvalue weighted by Gasteiger charge is 2.29. The Morgan fingerprint density at radius 3 is 2.72 bits per heavy atom. The van der Waals surface area contributed by atoms with Crippen LogP contribution in [0.3, 0.4) is 0 Å². The summed E-state index contributed by atoms with van der Waals surface area (Å²) in [6.07, 6.45) is 5.78. The van der Waals surface area contributed by atoms with E-state index in [0.29, 0.717) is 22.0 Å². The van der Waals surface area contributed by atoms with Gasteiger partial charge in [-0.15, -0.1) is 11.3 Å². The maximum Gasteiger partial charge on any atom is 0.341 e. The molecular formula is C19H22N2O3S. The molecule has 0 spiro atoms. The van der Waals surface area contributed by atoms with Crippen molar-refractivity contribution in [3.05, 3.63) is 46.1 Å². The van der Waals surface area contributed by atoms with Gasteiger partial charge in [-0.2, -0.15) is 0 Å². The maximum absolute atomic E-state index is 12.6. The smallest absolute Gasteiger partial charge is 0.341 e. The number of carbonyl (C=O) groups is 2. The number of pyridine rings is 1.